The number of hydrogen-bond donors (Lipinski definition) is 3. The molecular formula is C11H12F2N2O. The first-order chi connectivity index (χ1) is 7.54. The van der Waals surface area contributed by atoms with Crippen molar-refractivity contribution in [3.63, 3.8) is 0 Å². The normalized spacial score (nSPS) is 13.4. The number of benzene rings is 1. The van der Waals surface area contributed by atoms with Crippen LogP contribution in [0.4, 0.5) is 14.5 Å². The van der Waals surface area contributed by atoms with E-state index >= 15 is 0 Å². The van der Waals surface area contributed by atoms with Gasteiger partial charge in [0.05, 0.1) is 11.8 Å². The Morgan fingerprint density at radius 2 is 2.19 bits per heavy atom. The first-order valence-electron chi connectivity index (χ1n) is 4.64. The fourth-order valence-electron chi connectivity index (χ4n) is 1.05. The molecule has 0 bridgehead atoms. The van der Waals surface area contributed by atoms with Crippen LogP contribution in [0, 0.1) is 17.0 Å². The third kappa shape index (κ3) is 3.13. The van der Waals surface area contributed by atoms with Crippen molar-refractivity contribution < 1.29 is 13.9 Å². The Bertz CT molecular complexity index is 416. The van der Waals surface area contributed by atoms with Crippen molar-refractivity contribution >= 4 is 11.9 Å². The molecular weight excluding hydrogens is 214 g/mol. The molecule has 0 aliphatic carbocycles. The molecule has 1 atom stereocenters. The summed E-state index contributed by atoms with van der Waals surface area (Å²) in [5.74, 6) is -1.39. The molecule has 0 saturated heterocycles. The lowest BCUT2D eigenvalue weighted by Gasteiger charge is -2.07. The van der Waals surface area contributed by atoms with Gasteiger partial charge in [-0.25, -0.2) is 8.78 Å². The first-order valence-corrected chi connectivity index (χ1v) is 4.64. The van der Waals surface area contributed by atoms with Crippen molar-refractivity contribution in [2.45, 2.75) is 13.0 Å². The SMILES string of the molecule is CC(O)/C(C=N)=C/Nc1ccc(F)cc1F. The van der Waals surface area contributed by atoms with E-state index in [1.165, 1.54) is 19.2 Å². The van der Waals surface area contributed by atoms with Gasteiger partial charge in [0, 0.05) is 24.1 Å². The van der Waals surface area contributed by atoms with E-state index in [4.69, 9.17) is 5.41 Å². The minimum atomic E-state index is -0.825. The third-order valence-corrected chi connectivity index (χ3v) is 1.97. The van der Waals surface area contributed by atoms with Crippen LogP contribution in [-0.4, -0.2) is 17.4 Å². The molecule has 0 aliphatic rings. The minimum absolute atomic E-state index is 0.0846. The molecule has 3 nitrogen and oxygen atoms in total. The molecule has 5 heteroatoms. The molecule has 0 fully saturated rings. The van der Waals surface area contributed by atoms with Gasteiger partial charge in [-0.05, 0) is 19.1 Å². The average molecular weight is 226 g/mol. The van der Waals surface area contributed by atoms with Crippen molar-refractivity contribution in [2.24, 2.45) is 0 Å². The first kappa shape index (κ1) is 12.3. The molecule has 3 N–H and O–H groups in total. The second-order valence-corrected chi connectivity index (χ2v) is 3.23. The topological polar surface area (TPSA) is 56.1 Å². The zero-order chi connectivity index (χ0) is 12.1. The van der Waals surface area contributed by atoms with Gasteiger partial charge >= 0.3 is 0 Å². The van der Waals surface area contributed by atoms with Gasteiger partial charge in [0.25, 0.3) is 0 Å². The lowest BCUT2D eigenvalue weighted by molar-refractivity contribution is 0.238. The van der Waals surface area contributed by atoms with E-state index in [0.29, 0.717) is 5.57 Å². The summed E-state index contributed by atoms with van der Waals surface area (Å²) >= 11 is 0. The summed E-state index contributed by atoms with van der Waals surface area (Å²) in [5, 5.41) is 18.7. The maximum absolute atomic E-state index is 13.2. The van der Waals surface area contributed by atoms with Crippen LogP contribution in [0.15, 0.2) is 30.0 Å². The predicted molar refractivity (Wildman–Crippen MR) is 58.5 cm³/mol. The Kier molecular flexibility index (Phi) is 4.13. The maximum atomic E-state index is 13.2. The quantitative estimate of drug-likeness (QED) is 0.690. The van der Waals surface area contributed by atoms with E-state index in [1.807, 2.05) is 0 Å². The van der Waals surface area contributed by atoms with E-state index in [1.54, 1.807) is 0 Å². The zero-order valence-electron chi connectivity index (χ0n) is 8.67. The maximum Gasteiger partial charge on any atom is 0.149 e. The smallest absolute Gasteiger partial charge is 0.149 e. The molecule has 1 aromatic rings. The minimum Gasteiger partial charge on any atom is -0.389 e. The van der Waals surface area contributed by atoms with Crippen LogP contribution >= 0.6 is 0 Å². The third-order valence-electron chi connectivity index (χ3n) is 1.97. The van der Waals surface area contributed by atoms with Crippen LogP contribution < -0.4 is 5.32 Å². The van der Waals surface area contributed by atoms with Crippen molar-refractivity contribution in [3.8, 4) is 0 Å². The van der Waals surface area contributed by atoms with Crippen molar-refractivity contribution in [1.82, 2.24) is 0 Å². The summed E-state index contributed by atoms with van der Waals surface area (Å²) in [6.45, 7) is 1.49. The fourth-order valence-corrected chi connectivity index (χ4v) is 1.05. The van der Waals surface area contributed by atoms with Crippen molar-refractivity contribution in [3.05, 3.63) is 41.6 Å². The lowest BCUT2D eigenvalue weighted by atomic mass is 10.2. The molecule has 0 amide bonds. The predicted octanol–water partition coefficient (Wildman–Crippen LogP) is 2.29. The molecule has 86 valence electrons. The summed E-state index contributed by atoms with van der Waals surface area (Å²) in [5.41, 5.74) is 0.380. The van der Waals surface area contributed by atoms with Crippen LogP contribution in [0.25, 0.3) is 0 Å². The molecule has 0 aromatic heterocycles. The monoisotopic (exact) mass is 226 g/mol. The van der Waals surface area contributed by atoms with E-state index in [0.717, 1.165) is 18.3 Å². The molecule has 0 heterocycles. The molecule has 1 aromatic carbocycles. The number of hydrogen-bond acceptors (Lipinski definition) is 3. The highest BCUT2D eigenvalue weighted by molar-refractivity contribution is 5.77. The van der Waals surface area contributed by atoms with E-state index in [9.17, 15) is 13.9 Å². The van der Waals surface area contributed by atoms with Gasteiger partial charge in [-0.15, -0.1) is 0 Å². The highest BCUT2D eigenvalue weighted by Gasteiger charge is 2.04. The van der Waals surface area contributed by atoms with Gasteiger partial charge in [0.15, 0.2) is 0 Å². The molecule has 0 spiro atoms. The summed E-state index contributed by atoms with van der Waals surface area (Å²) in [6, 6.07) is 3.11. The van der Waals surface area contributed by atoms with Crippen LogP contribution in [0.5, 0.6) is 0 Å². The van der Waals surface area contributed by atoms with Gasteiger partial charge < -0.3 is 15.8 Å². The van der Waals surface area contributed by atoms with E-state index in [-0.39, 0.29) is 5.69 Å². The van der Waals surface area contributed by atoms with Gasteiger partial charge in [-0.2, -0.15) is 0 Å². The largest absolute Gasteiger partial charge is 0.389 e. The summed E-state index contributed by atoms with van der Waals surface area (Å²) in [4.78, 5) is 0. The van der Waals surface area contributed by atoms with E-state index in [2.05, 4.69) is 5.32 Å². The zero-order valence-corrected chi connectivity index (χ0v) is 8.67. The number of aliphatic hydroxyl groups excluding tert-OH is 1. The van der Waals surface area contributed by atoms with Crippen LogP contribution in [0.2, 0.25) is 0 Å². The van der Waals surface area contributed by atoms with Gasteiger partial charge in [0.1, 0.15) is 11.6 Å². The highest BCUT2D eigenvalue weighted by Crippen LogP contribution is 2.15. The number of aliphatic hydroxyl groups is 1. The summed E-state index contributed by atoms with van der Waals surface area (Å²) in [7, 11) is 0. The average Bonchev–Trinajstić information content (AvgIpc) is 2.21. The molecule has 1 rings (SSSR count). The van der Waals surface area contributed by atoms with Gasteiger partial charge in [-0.3, -0.25) is 0 Å². The van der Waals surface area contributed by atoms with Crippen LogP contribution in [-0.2, 0) is 0 Å². The molecule has 0 radical (unpaired) electrons. The molecule has 16 heavy (non-hydrogen) atoms. The van der Waals surface area contributed by atoms with Gasteiger partial charge in [0.2, 0.25) is 0 Å². The van der Waals surface area contributed by atoms with E-state index < -0.39 is 17.7 Å². The lowest BCUT2D eigenvalue weighted by Crippen LogP contribution is -2.07. The highest BCUT2D eigenvalue weighted by atomic mass is 19.1. The second-order valence-electron chi connectivity index (χ2n) is 3.23. The standard InChI is InChI=1S/C11H12F2N2O/c1-7(16)8(5-14)6-15-11-3-2-9(12)4-10(11)13/h2-7,14-16H,1H3/b8-6+,14-5?. The molecule has 0 saturated carbocycles. The molecule has 1 unspecified atom stereocenters. The second kappa shape index (κ2) is 5.37. The van der Waals surface area contributed by atoms with Crippen molar-refractivity contribution in [2.75, 3.05) is 5.32 Å². The number of halogens is 2. The Hall–Kier alpha value is -1.75. The van der Waals surface area contributed by atoms with Crippen molar-refractivity contribution in [1.29, 1.82) is 5.41 Å². The Balaban J connectivity index is 2.85. The summed E-state index contributed by atoms with van der Waals surface area (Å²) < 4.78 is 25.7. The fraction of sp³-hybridized carbons (Fsp3) is 0.182. The number of nitrogens with one attached hydrogen (secondary N) is 2. The summed E-state index contributed by atoms with van der Waals surface area (Å²) in [6.07, 6.45) is 1.43. The Labute approximate surface area is 91.9 Å². The van der Waals surface area contributed by atoms with Crippen LogP contribution in [0.3, 0.4) is 0 Å². The Morgan fingerprint density at radius 3 is 2.69 bits per heavy atom. The number of anilines is 1. The van der Waals surface area contributed by atoms with Gasteiger partial charge in [-0.1, -0.05) is 0 Å². The molecule has 0 aliphatic heterocycles. The van der Waals surface area contributed by atoms with Crippen LogP contribution in [0.1, 0.15) is 6.92 Å². The Morgan fingerprint density at radius 1 is 1.50 bits per heavy atom. The number of rotatable bonds is 4.